The average molecular weight is 193 g/mol. The Hall–Kier alpha value is 0.440. The maximum absolute atomic E-state index is 9.11. The Morgan fingerprint density at radius 2 is 1.78 bits per heavy atom. The summed E-state index contributed by atoms with van der Waals surface area (Å²) in [7, 11) is 0. The molecule has 1 rings (SSSR count). The molecular weight excluding hydrogens is 180 g/mol. The molecule has 0 spiro atoms. The molecule has 0 aliphatic heterocycles. The quantitative estimate of drug-likeness (QED) is 0.631. The van der Waals surface area contributed by atoms with E-state index in [1.54, 1.807) is 0 Å². The van der Waals surface area contributed by atoms with Gasteiger partial charge in [0.1, 0.15) is 0 Å². The minimum absolute atomic E-state index is 0.000278. The van der Waals surface area contributed by atoms with Crippen molar-refractivity contribution < 1.29 is 5.11 Å². The highest BCUT2D eigenvalue weighted by atomic mass is 79.9. The van der Waals surface area contributed by atoms with Gasteiger partial charge < -0.3 is 5.11 Å². The monoisotopic (exact) mass is 192 g/mol. The zero-order valence-electron chi connectivity index (χ0n) is 5.52. The summed E-state index contributed by atoms with van der Waals surface area (Å²) in [6.45, 7) is 0. The predicted octanol–water partition coefficient (Wildman–Crippen LogP) is 1.93. The van der Waals surface area contributed by atoms with E-state index in [1.807, 2.05) is 0 Å². The van der Waals surface area contributed by atoms with E-state index in [2.05, 4.69) is 15.9 Å². The first-order chi connectivity index (χ1) is 4.33. The Morgan fingerprint density at radius 1 is 1.22 bits per heavy atom. The molecule has 0 atom stereocenters. The fourth-order valence-corrected chi connectivity index (χ4v) is 1.95. The maximum Gasteiger partial charge on any atom is 0.0540 e. The summed E-state index contributed by atoms with van der Waals surface area (Å²) < 4.78 is 0. The SMILES string of the molecule is O[C@H]1CC[C@@H](CBr)CC1. The molecule has 0 bridgehead atoms. The molecule has 1 fully saturated rings. The number of hydrogen-bond acceptors (Lipinski definition) is 1. The lowest BCUT2D eigenvalue weighted by Crippen LogP contribution is -2.18. The van der Waals surface area contributed by atoms with Gasteiger partial charge in [-0.25, -0.2) is 0 Å². The van der Waals surface area contributed by atoms with E-state index in [-0.39, 0.29) is 6.10 Å². The van der Waals surface area contributed by atoms with Crippen molar-refractivity contribution in [2.45, 2.75) is 31.8 Å². The molecule has 1 aliphatic rings. The molecule has 0 aromatic carbocycles. The second-order valence-corrected chi connectivity index (χ2v) is 3.48. The minimum atomic E-state index is 0.000278. The summed E-state index contributed by atoms with van der Waals surface area (Å²) in [5, 5.41) is 10.2. The van der Waals surface area contributed by atoms with Gasteiger partial charge in [-0.15, -0.1) is 0 Å². The first-order valence-corrected chi connectivity index (χ1v) is 4.69. The molecule has 0 radical (unpaired) electrons. The van der Waals surface area contributed by atoms with Crippen LogP contribution in [0, 0.1) is 5.92 Å². The molecule has 1 nitrogen and oxygen atoms in total. The van der Waals surface area contributed by atoms with Crippen molar-refractivity contribution in [2.75, 3.05) is 5.33 Å². The van der Waals surface area contributed by atoms with Crippen LogP contribution in [-0.2, 0) is 0 Å². The van der Waals surface area contributed by atoms with E-state index in [4.69, 9.17) is 5.11 Å². The Bertz CT molecular complexity index is 77.0. The largest absolute Gasteiger partial charge is 0.393 e. The van der Waals surface area contributed by atoms with Gasteiger partial charge in [-0.1, -0.05) is 15.9 Å². The van der Waals surface area contributed by atoms with Crippen LogP contribution in [0.1, 0.15) is 25.7 Å². The fraction of sp³-hybridized carbons (Fsp3) is 1.00. The Balaban J connectivity index is 2.18. The number of rotatable bonds is 1. The molecular formula is C7H13BrO. The summed E-state index contributed by atoms with van der Waals surface area (Å²) in [4.78, 5) is 0. The molecule has 0 aromatic rings. The second kappa shape index (κ2) is 3.57. The molecule has 1 N–H and O–H groups in total. The minimum Gasteiger partial charge on any atom is -0.393 e. The lowest BCUT2D eigenvalue weighted by atomic mass is 9.89. The first-order valence-electron chi connectivity index (χ1n) is 3.57. The molecule has 2 heteroatoms. The van der Waals surface area contributed by atoms with Gasteiger partial charge in [-0.3, -0.25) is 0 Å². The van der Waals surface area contributed by atoms with Gasteiger partial charge in [0.2, 0.25) is 0 Å². The third-order valence-electron chi connectivity index (χ3n) is 2.03. The van der Waals surface area contributed by atoms with E-state index >= 15 is 0 Å². The average Bonchev–Trinajstić information content (AvgIpc) is 1.90. The van der Waals surface area contributed by atoms with Gasteiger partial charge in [0, 0.05) is 5.33 Å². The first kappa shape index (κ1) is 7.55. The van der Waals surface area contributed by atoms with Crippen LogP contribution in [0.25, 0.3) is 0 Å². The van der Waals surface area contributed by atoms with Crippen LogP contribution in [0.3, 0.4) is 0 Å². The van der Waals surface area contributed by atoms with E-state index < -0.39 is 0 Å². The fourth-order valence-electron chi connectivity index (χ4n) is 1.30. The Kier molecular flexibility index (Phi) is 2.99. The van der Waals surface area contributed by atoms with E-state index in [0.29, 0.717) is 0 Å². The summed E-state index contributed by atoms with van der Waals surface area (Å²) in [6, 6.07) is 0. The van der Waals surface area contributed by atoms with Gasteiger partial charge in [-0.2, -0.15) is 0 Å². The van der Waals surface area contributed by atoms with Crippen LogP contribution in [-0.4, -0.2) is 16.5 Å². The van der Waals surface area contributed by atoms with Gasteiger partial charge in [0.25, 0.3) is 0 Å². The lowest BCUT2D eigenvalue weighted by Gasteiger charge is -2.23. The maximum atomic E-state index is 9.11. The molecule has 54 valence electrons. The van der Waals surface area contributed by atoms with Crippen molar-refractivity contribution in [2.24, 2.45) is 5.92 Å². The topological polar surface area (TPSA) is 20.2 Å². The van der Waals surface area contributed by atoms with Crippen molar-refractivity contribution in [3.63, 3.8) is 0 Å². The van der Waals surface area contributed by atoms with Crippen LogP contribution in [0.4, 0.5) is 0 Å². The van der Waals surface area contributed by atoms with Crippen molar-refractivity contribution in [3.05, 3.63) is 0 Å². The van der Waals surface area contributed by atoms with E-state index in [9.17, 15) is 0 Å². The van der Waals surface area contributed by atoms with Crippen molar-refractivity contribution in [1.82, 2.24) is 0 Å². The number of aliphatic hydroxyl groups excluding tert-OH is 1. The highest BCUT2D eigenvalue weighted by Gasteiger charge is 2.17. The zero-order chi connectivity index (χ0) is 6.69. The van der Waals surface area contributed by atoms with Crippen LogP contribution in [0.2, 0.25) is 0 Å². The van der Waals surface area contributed by atoms with Gasteiger partial charge in [-0.05, 0) is 31.6 Å². The number of alkyl halides is 1. The zero-order valence-corrected chi connectivity index (χ0v) is 7.10. The predicted molar refractivity (Wildman–Crippen MR) is 41.8 cm³/mol. The third kappa shape index (κ3) is 2.26. The van der Waals surface area contributed by atoms with Gasteiger partial charge in [0.05, 0.1) is 6.10 Å². The van der Waals surface area contributed by atoms with E-state index in [1.165, 1.54) is 12.8 Å². The molecule has 0 amide bonds. The molecule has 0 aromatic heterocycles. The van der Waals surface area contributed by atoms with Crippen molar-refractivity contribution in [3.8, 4) is 0 Å². The van der Waals surface area contributed by atoms with Gasteiger partial charge in [0.15, 0.2) is 0 Å². The van der Waals surface area contributed by atoms with Crippen LogP contribution in [0.5, 0.6) is 0 Å². The normalized spacial score (nSPS) is 36.7. The molecule has 0 heterocycles. The summed E-state index contributed by atoms with van der Waals surface area (Å²) in [5.74, 6) is 0.827. The van der Waals surface area contributed by atoms with E-state index in [0.717, 1.165) is 24.1 Å². The highest BCUT2D eigenvalue weighted by molar-refractivity contribution is 9.09. The smallest absolute Gasteiger partial charge is 0.0540 e. The number of aliphatic hydroxyl groups is 1. The Labute approximate surface area is 64.6 Å². The molecule has 1 aliphatic carbocycles. The van der Waals surface area contributed by atoms with Crippen molar-refractivity contribution >= 4 is 15.9 Å². The molecule has 0 saturated heterocycles. The summed E-state index contributed by atoms with van der Waals surface area (Å²) in [6.07, 6.45) is 4.42. The Morgan fingerprint density at radius 3 is 2.22 bits per heavy atom. The highest BCUT2D eigenvalue weighted by Crippen LogP contribution is 2.25. The lowest BCUT2D eigenvalue weighted by molar-refractivity contribution is 0.114. The molecule has 1 saturated carbocycles. The second-order valence-electron chi connectivity index (χ2n) is 2.83. The third-order valence-corrected chi connectivity index (χ3v) is 2.95. The number of hydrogen-bond donors (Lipinski definition) is 1. The van der Waals surface area contributed by atoms with Gasteiger partial charge >= 0.3 is 0 Å². The summed E-state index contributed by atoms with van der Waals surface area (Å²) >= 11 is 3.45. The van der Waals surface area contributed by atoms with Crippen molar-refractivity contribution in [1.29, 1.82) is 0 Å². The van der Waals surface area contributed by atoms with Crippen LogP contribution >= 0.6 is 15.9 Å². The summed E-state index contributed by atoms with van der Waals surface area (Å²) in [5.41, 5.74) is 0. The van der Waals surface area contributed by atoms with Crippen LogP contribution in [0.15, 0.2) is 0 Å². The molecule has 0 unspecified atom stereocenters. The molecule has 9 heavy (non-hydrogen) atoms. The number of halogens is 1. The standard InChI is InChI=1S/C7H13BrO/c8-5-6-1-3-7(9)4-2-6/h6-7,9H,1-5H2/t6-,7+. The van der Waals surface area contributed by atoms with Crippen LogP contribution < -0.4 is 0 Å².